The summed E-state index contributed by atoms with van der Waals surface area (Å²) in [6.45, 7) is 0.323. The maximum atomic E-state index is 11.2. The Kier molecular flexibility index (Phi) is 3.00. The van der Waals surface area contributed by atoms with Gasteiger partial charge in [-0.2, -0.15) is 0 Å². The van der Waals surface area contributed by atoms with Crippen molar-refractivity contribution < 1.29 is 23.9 Å². The first kappa shape index (κ1) is 9.70. The second-order valence-corrected chi connectivity index (χ2v) is 2.72. The van der Waals surface area contributed by atoms with Crippen LogP contribution in [0, 0.1) is 5.92 Å². The number of rotatable bonds is 2. The standard InChI is InChI=1S/C8H10O5/c1-12-8(11)6(9)5-3-2-4-13-7(5)10/h5H,2-4H2,1H3. The number of carbonyl (C=O) groups is 3. The maximum Gasteiger partial charge on any atom is 0.375 e. The molecule has 0 spiro atoms. The molecule has 5 heteroatoms. The summed E-state index contributed by atoms with van der Waals surface area (Å²) in [5, 5.41) is 0. The third-order valence-corrected chi connectivity index (χ3v) is 1.87. The van der Waals surface area contributed by atoms with Gasteiger partial charge in [-0.25, -0.2) is 4.79 Å². The Morgan fingerprint density at radius 1 is 1.54 bits per heavy atom. The van der Waals surface area contributed by atoms with Crippen molar-refractivity contribution in [1.82, 2.24) is 0 Å². The van der Waals surface area contributed by atoms with Gasteiger partial charge in [0.05, 0.1) is 13.7 Å². The first-order valence-electron chi connectivity index (χ1n) is 3.95. The largest absolute Gasteiger partial charge is 0.465 e. The van der Waals surface area contributed by atoms with E-state index in [1.54, 1.807) is 0 Å². The van der Waals surface area contributed by atoms with E-state index in [0.29, 0.717) is 19.4 Å². The van der Waals surface area contributed by atoms with Gasteiger partial charge in [-0.1, -0.05) is 0 Å². The Bertz CT molecular complexity index is 245. The molecule has 0 saturated carbocycles. The van der Waals surface area contributed by atoms with Crippen LogP contribution in [0.4, 0.5) is 0 Å². The van der Waals surface area contributed by atoms with Crippen LogP contribution in [-0.2, 0) is 23.9 Å². The quantitative estimate of drug-likeness (QED) is 0.336. The van der Waals surface area contributed by atoms with Crippen LogP contribution in [0.15, 0.2) is 0 Å². The molecule has 1 atom stereocenters. The first-order valence-corrected chi connectivity index (χ1v) is 3.95. The summed E-state index contributed by atoms with van der Waals surface area (Å²) in [6, 6.07) is 0. The van der Waals surface area contributed by atoms with Gasteiger partial charge in [0.15, 0.2) is 0 Å². The molecule has 0 amide bonds. The number of ketones is 1. The molecule has 13 heavy (non-hydrogen) atoms. The predicted molar refractivity (Wildman–Crippen MR) is 40.7 cm³/mol. The van der Waals surface area contributed by atoms with Gasteiger partial charge in [0.25, 0.3) is 5.78 Å². The molecular formula is C8H10O5. The fourth-order valence-corrected chi connectivity index (χ4v) is 1.16. The molecule has 1 aliphatic rings. The van der Waals surface area contributed by atoms with Gasteiger partial charge in [0, 0.05) is 0 Å². The average Bonchev–Trinajstić information content (AvgIpc) is 2.16. The number of esters is 2. The van der Waals surface area contributed by atoms with Gasteiger partial charge in [-0.3, -0.25) is 9.59 Å². The molecule has 0 aromatic heterocycles. The third-order valence-electron chi connectivity index (χ3n) is 1.87. The topological polar surface area (TPSA) is 69.7 Å². The van der Waals surface area contributed by atoms with E-state index >= 15 is 0 Å². The molecule has 0 aromatic carbocycles. The summed E-state index contributed by atoms with van der Waals surface area (Å²) in [5.74, 6) is -3.38. The minimum absolute atomic E-state index is 0.323. The average molecular weight is 186 g/mol. The zero-order chi connectivity index (χ0) is 9.84. The Morgan fingerprint density at radius 3 is 2.77 bits per heavy atom. The van der Waals surface area contributed by atoms with Crippen LogP contribution in [0.25, 0.3) is 0 Å². The zero-order valence-electron chi connectivity index (χ0n) is 7.24. The second-order valence-electron chi connectivity index (χ2n) is 2.72. The molecule has 0 N–H and O–H groups in total. The van der Waals surface area contributed by atoms with Gasteiger partial charge < -0.3 is 9.47 Å². The molecule has 1 unspecified atom stereocenters. The summed E-state index contributed by atoms with van der Waals surface area (Å²) < 4.78 is 8.86. The molecule has 5 nitrogen and oxygen atoms in total. The lowest BCUT2D eigenvalue weighted by Crippen LogP contribution is -2.35. The number of ether oxygens (including phenoxy) is 2. The second kappa shape index (κ2) is 4.02. The molecule has 0 aromatic rings. The zero-order valence-corrected chi connectivity index (χ0v) is 7.24. The van der Waals surface area contributed by atoms with Crippen LogP contribution in [0.3, 0.4) is 0 Å². The minimum Gasteiger partial charge on any atom is -0.465 e. The monoisotopic (exact) mass is 186 g/mol. The number of Topliss-reactive ketones (excluding diaryl/α,β-unsaturated/α-hetero) is 1. The highest BCUT2D eigenvalue weighted by Crippen LogP contribution is 2.16. The van der Waals surface area contributed by atoms with Gasteiger partial charge in [-0.05, 0) is 12.8 Å². The van der Waals surface area contributed by atoms with Gasteiger partial charge in [-0.15, -0.1) is 0 Å². The SMILES string of the molecule is COC(=O)C(=O)C1CCCOC1=O. The van der Waals surface area contributed by atoms with E-state index in [1.807, 2.05) is 0 Å². The number of methoxy groups -OCH3 is 1. The lowest BCUT2D eigenvalue weighted by molar-refractivity contribution is -0.163. The van der Waals surface area contributed by atoms with Crippen molar-refractivity contribution in [1.29, 1.82) is 0 Å². The molecule has 0 radical (unpaired) electrons. The van der Waals surface area contributed by atoms with E-state index in [1.165, 1.54) is 0 Å². The van der Waals surface area contributed by atoms with Gasteiger partial charge >= 0.3 is 11.9 Å². The van der Waals surface area contributed by atoms with Crippen LogP contribution >= 0.6 is 0 Å². The van der Waals surface area contributed by atoms with Crippen molar-refractivity contribution in [2.24, 2.45) is 5.92 Å². The molecule has 72 valence electrons. The maximum absolute atomic E-state index is 11.2. The first-order chi connectivity index (χ1) is 6.16. The smallest absolute Gasteiger partial charge is 0.375 e. The van der Waals surface area contributed by atoms with Gasteiger partial charge in [0.1, 0.15) is 5.92 Å². The highest BCUT2D eigenvalue weighted by atomic mass is 16.5. The van der Waals surface area contributed by atoms with E-state index in [9.17, 15) is 14.4 Å². The van der Waals surface area contributed by atoms with Crippen molar-refractivity contribution >= 4 is 17.7 Å². The summed E-state index contributed by atoms with van der Waals surface area (Å²) in [5.41, 5.74) is 0. The van der Waals surface area contributed by atoms with E-state index in [0.717, 1.165) is 7.11 Å². The van der Waals surface area contributed by atoms with Crippen LogP contribution < -0.4 is 0 Å². The summed E-state index contributed by atoms with van der Waals surface area (Å²) in [4.78, 5) is 32.9. The number of hydrogen-bond acceptors (Lipinski definition) is 5. The minimum atomic E-state index is -0.983. The number of cyclic esters (lactones) is 1. The summed E-state index contributed by atoms with van der Waals surface area (Å²) >= 11 is 0. The van der Waals surface area contributed by atoms with Crippen molar-refractivity contribution in [2.75, 3.05) is 13.7 Å². The Labute approximate surface area is 75.0 Å². The van der Waals surface area contributed by atoms with Crippen molar-refractivity contribution in [3.63, 3.8) is 0 Å². The number of carbonyl (C=O) groups excluding carboxylic acids is 3. The highest BCUT2D eigenvalue weighted by molar-refractivity contribution is 6.37. The Hall–Kier alpha value is -1.39. The van der Waals surface area contributed by atoms with Crippen LogP contribution in [0.5, 0.6) is 0 Å². The van der Waals surface area contributed by atoms with Crippen LogP contribution in [0.1, 0.15) is 12.8 Å². The fourth-order valence-electron chi connectivity index (χ4n) is 1.16. The predicted octanol–water partition coefficient (Wildman–Crippen LogP) is -0.318. The van der Waals surface area contributed by atoms with Crippen LogP contribution in [-0.4, -0.2) is 31.4 Å². The molecule has 1 heterocycles. The molecule has 1 rings (SSSR count). The highest BCUT2D eigenvalue weighted by Gasteiger charge is 2.35. The van der Waals surface area contributed by atoms with E-state index in [2.05, 4.69) is 9.47 Å². The van der Waals surface area contributed by atoms with E-state index < -0.39 is 23.6 Å². The van der Waals surface area contributed by atoms with Crippen molar-refractivity contribution in [2.45, 2.75) is 12.8 Å². The Balaban J connectivity index is 2.64. The van der Waals surface area contributed by atoms with Crippen LogP contribution in [0.2, 0.25) is 0 Å². The van der Waals surface area contributed by atoms with E-state index in [4.69, 9.17) is 0 Å². The van der Waals surface area contributed by atoms with E-state index in [-0.39, 0.29) is 0 Å². The summed E-state index contributed by atoms with van der Waals surface area (Å²) in [6.07, 6.45) is 0.978. The third kappa shape index (κ3) is 2.05. The van der Waals surface area contributed by atoms with Gasteiger partial charge in [0.2, 0.25) is 0 Å². The fraction of sp³-hybridized carbons (Fsp3) is 0.625. The molecule has 0 aliphatic carbocycles. The summed E-state index contributed by atoms with van der Waals surface area (Å²) in [7, 11) is 1.11. The lowest BCUT2D eigenvalue weighted by atomic mass is 9.97. The molecule has 1 fully saturated rings. The van der Waals surface area contributed by atoms with Crippen molar-refractivity contribution in [3.8, 4) is 0 Å². The normalized spacial score (nSPS) is 21.9. The molecule has 1 saturated heterocycles. The van der Waals surface area contributed by atoms with Crippen molar-refractivity contribution in [3.05, 3.63) is 0 Å². The lowest BCUT2D eigenvalue weighted by Gasteiger charge is -2.18. The molecule has 1 aliphatic heterocycles. The molecule has 0 bridgehead atoms. The molecular weight excluding hydrogens is 176 g/mol. The Morgan fingerprint density at radius 2 is 2.23 bits per heavy atom. The number of hydrogen-bond donors (Lipinski definition) is 0.